The molecule has 0 aliphatic rings. The number of allylic oxidation sites excluding steroid dienone is 7. The highest BCUT2D eigenvalue weighted by atomic mass is 31.2. The van der Waals surface area contributed by atoms with Crippen LogP contribution in [0.5, 0.6) is 0 Å². The topological polar surface area (TPSA) is 105 Å². The van der Waals surface area contributed by atoms with Gasteiger partial charge in [0.25, 0.3) is 0 Å². The number of amides is 1. The Morgan fingerprint density at radius 3 is 1.46 bits per heavy atom. The van der Waals surface area contributed by atoms with Crippen LogP contribution in [-0.2, 0) is 18.4 Å². The molecule has 3 N–H and O–H groups in total. The van der Waals surface area contributed by atoms with Gasteiger partial charge in [-0.25, -0.2) is 4.57 Å². The van der Waals surface area contributed by atoms with Gasteiger partial charge in [-0.05, 0) is 57.8 Å². The summed E-state index contributed by atoms with van der Waals surface area (Å²) in [5.41, 5.74) is 0. The molecule has 0 fully saturated rings. The van der Waals surface area contributed by atoms with Crippen LogP contribution >= 0.6 is 7.82 Å². The molecule has 3 unspecified atom stereocenters. The predicted molar refractivity (Wildman–Crippen MR) is 263 cm³/mol. The van der Waals surface area contributed by atoms with E-state index in [-0.39, 0.29) is 19.1 Å². The lowest BCUT2D eigenvalue weighted by Gasteiger charge is -2.25. The maximum atomic E-state index is 12.9. The summed E-state index contributed by atoms with van der Waals surface area (Å²) < 4.78 is 23.6. The second kappa shape index (κ2) is 43.7. The Morgan fingerprint density at radius 1 is 0.557 bits per heavy atom. The number of carbonyl (C=O) groups is 1. The fourth-order valence-electron chi connectivity index (χ4n) is 7.19. The Bertz CT molecular complexity index is 1130. The molecule has 0 aromatic rings. The second-order valence-electron chi connectivity index (χ2n) is 18.5. The predicted octanol–water partition coefficient (Wildman–Crippen LogP) is 14.8. The first-order chi connectivity index (χ1) is 29.5. The van der Waals surface area contributed by atoms with Gasteiger partial charge in [0.15, 0.2) is 0 Å². The minimum Gasteiger partial charge on any atom is -0.387 e. The van der Waals surface area contributed by atoms with Gasteiger partial charge in [-0.1, -0.05) is 210 Å². The molecule has 0 aromatic heterocycles. The van der Waals surface area contributed by atoms with Crippen molar-refractivity contribution < 1.29 is 32.9 Å². The van der Waals surface area contributed by atoms with Crippen molar-refractivity contribution in [3.8, 4) is 0 Å². The monoisotopic (exact) mass is 880 g/mol. The number of phosphoric acid groups is 1. The number of unbranched alkanes of at least 4 members (excludes halogenated alkanes) is 27. The van der Waals surface area contributed by atoms with Crippen LogP contribution in [0.4, 0.5) is 0 Å². The van der Waals surface area contributed by atoms with Gasteiger partial charge >= 0.3 is 7.82 Å². The highest BCUT2D eigenvalue weighted by Crippen LogP contribution is 2.43. The van der Waals surface area contributed by atoms with E-state index >= 15 is 0 Å². The molecule has 0 bridgehead atoms. The van der Waals surface area contributed by atoms with Crippen LogP contribution in [-0.4, -0.2) is 73.4 Å². The van der Waals surface area contributed by atoms with Gasteiger partial charge in [0.2, 0.25) is 5.91 Å². The van der Waals surface area contributed by atoms with Gasteiger partial charge in [0.1, 0.15) is 13.2 Å². The van der Waals surface area contributed by atoms with E-state index in [0.29, 0.717) is 17.4 Å². The normalized spacial score (nSPS) is 14.5. The molecular formula is C52H100N2O6P+. The van der Waals surface area contributed by atoms with Crippen LogP contribution in [0.3, 0.4) is 0 Å². The maximum Gasteiger partial charge on any atom is 0.472 e. The lowest BCUT2D eigenvalue weighted by atomic mass is 10.0. The number of aliphatic hydroxyl groups excluding tert-OH is 1. The fraction of sp³-hybridized carbons (Fsp3) is 0.827. The van der Waals surface area contributed by atoms with Crippen LogP contribution in [0.1, 0.15) is 226 Å². The van der Waals surface area contributed by atoms with Crippen molar-refractivity contribution in [3.05, 3.63) is 48.6 Å². The number of quaternary nitrogens is 1. The summed E-state index contributed by atoms with van der Waals surface area (Å²) in [4.78, 5) is 23.2. The summed E-state index contributed by atoms with van der Waals surface area (Å²) in [6.45, 7) is 4.75. The largest absolute Gasteiger partial charge is 0.472 e. The molecular weight excluding hydrogens is 780 g/mol. The Labute approximate surface area is 378 Å². The molecule has 0 rings (SSSR count). The third-order valence-corrected chi connectivity index (χ3v) is 12.3. The van der Waals surface area contributed by atoms with Gasteiger partial charge in [0, 0.05) is 6.42 Å². The third kappa shape index (κ3) is 46.3. The molecule has 0 heterocycles. The van der Waals surface area contributed by atoms with Crippen LogP contribution in [0.25, 0.3) is 0 Å². The van der Waals surface area contributed by atoms with Crippen molar-refractivity contribution in [2.24, 2.45) is 0 Å². The Balaban J connectivity index is 4.31. The molecule has 0 saturated heterocycles. The minimum absolute atomic E-state index is 0.0522. The number of nitrogens with zero attached hydrogens (tertiary/aromatic N) is 1. The fourth-order valence-corrected chi connectivity index (χ4v) is 7.93. The summed E-state index contributed by atoms with van der Waals surface area (Å²) in [5.74, 6) is -0.201. The highest BCUT2D eigenvalue weighted by molar-refractivity contribution is 7.47. The first kappa shape index (κ1) is 59.5. The standard InChI is InChI=1S/C52H99N2O6P/c1-6-8-10-12-14-16-18-20-22-23-24-25-26-27-28-29-30-31-32-33-35-37-39-41-43-45-51(55)50(49-60-61(57,58)59-48-47-54(3,4)5)53-52(56)46-44-42-40-38-36-34-21-19-17-15-13-11-9-7-2/h13,15,19,21,35,37,43,45,50-51,55H,6-12,14,16-18,20,22-34,36,38-42,44,46-49H2,1-5H3,(H-,53,56,57,58)/p+1/b15-13-,21-19-,37-35+,45-43+. The molecule has 61 heavy (non-hydrogen) atoms. The maximum absolute atomic E-state index is 12.9. The zero-order valence-electron chi connectivity index (χ0n) is 40.7. The quantitative estimate of drug-likeness (QED) is 0.0243. The molecule has 358 valence electrons. The molecule has 0 radical (unpaired) electrons. The number of rotatable bonds is 46. The number of carbonyl (C=O) groups excluding carboxylic acids is 1. The first-order valence-corrected chi connectivity index (χ1v) is 27.0. The van der Waals surface area contributed by atoms with Gasteiger partial charge < -0.3 is 19.8 Å². The van der Waals surface area contributed by atoms with Gasteiger partial charge in [0.05, 0.1) is 39.9 Å². The lowest BCUT2D eigenvalue weighted by Crippen LogP contribution is -2.45. The molecule has 3 atom stereocenters. The van der Waals surface area contributed by atoms with Crippen molar-refractivity contribution in [2.75, 3.05) is 40.9 Å². The number of hydrogen-bond acceptors (Lipinski definition) is 5. The molecule has 1 amide bonds. The van der Waals surface area contributed by atoms with Crippen molar-refractivity contribution in [1.29, 1.82) is 0 Å². The van der Waals surface area contributed by atoms with Crippen molar-refractivity contribution in [2.45, 2.75) is 238 Å². The summed E-state index contributed by atoms with van der Waals surface area (Å²) in [7, 11) is 1.54. The lowest BCUT2D eigenvalue weighted by molar-refractivity contribution is -0.870. The molecule has 0 spiro atoms. The average molecular weight is 880 g/mol. The molecule has 0 aromatic carbocycles. The summed E-state index contributed by atoms with van der Waals surface area (Å²) in [6.07, 6.45) is 56.3. The average Bonchev–Trinajstić information content (AvgIpc) is 3.21. The van der Waals surface area contributed by atoms with Crippen LogP contribution in [0.2, 0.25) is 0 Å². The highest BCUT2D eigenvalue weighted by Gasteiger charge is 2.27. The molecule has 0 saturated carbocycles. The molecule has 8 nitrogen and oxygen atoms in total. The summed E-state index contributed by atoms with van der Waals surface area (Å²) >= 11 is 0. The van der Waals surface area contributed by atoms with E-state index in [4.69, 9.17) is 9.05 Å². The number of hydrogen-bond donors (Lipinski definition) is 3. The van der Waals surface area contributed by atoms with Crippen molar-refractivity contribution >= 4 is 13.7 Å². The second-order valence-corrected chi connectivity index (χ2v) is 20.0. The minimum atomic E-state index is -4.35. The number of phosphoric ester groups is 1. The molecule has 0 aliphatic heterocycles. The zero-order chi connectivity index (χ0) is 45.0. The van der Waals surface area contributed by atoms with E-state index in [9.17, 15) is 19.4 Å². The van der Waals surface area contributed by atoms with Gasteiger partial charge in [-0.3, -0.25) is 13.8 Å². The molecule has 0 aliphatic carbocycles. The van der Waals surface area contributed by atoms with E-state index in [0.717, 1.165) is 64.2 Å². The summed E-state index contributed by atoms with van der Waals surface area (Å²) in [6, 6.07) is -0.871. The smallest absolute Gasteiger partial charge is 0.387 e. The zero-order valence-corrected chi connectivity index (χ0v) is 41.5. The van der Waals surface area contributed by atoms with E-state index in [2.05, 4.69) is 55.6 Å². The van der Waals surface area contributed by atoms with E-state index < -0.39 is 20.0 Å². The number of aliphatic hydroxyl groups is 1. The molecule has 9 heteroatoms. The van der Waals surface area contributed by atoms with E-state index in [1.54, 1.807) is 6.08 Å². The SMILES string of the molecule is CCCC/C=C\C/C=C\CCCCCCCC(=O)NC(COP(=O)(O)OCC[N+](C)(C)C)C(O)/C=C/CC/C=C/CCCCCCCCCCCCCCCCCCCCC. The Kier molecular flexibility index (Phi) is 42.6. The van der Waals surface area contributed by atoms with Crippen LogP contribution in [0, 0.1) is 0 Å². The van der Waals surface area contributed by atoms with Crippen LogP contribution < -0.4 is 5.32 Å². The number of nitrogens with one attached hydrogen (secondary N) is 1. The van der Waals surface area contributed by atoms with Crippen LogP contribution in [0.15, 0.2) is 48.6 Å². The first-order valence-electron chi connectivity index (χ1n) is 25.5. The van der Waals surface area contributed by atoms with E-state index in [1.807, 2.05) is 27.2 Å². The van der Waals surface area contributed by atoms with Crippen molar-refractivity contribution in [3.63, 3.8) is 0 Å². The van der Waals surface area contributed by atoms with Gasteiger partial charge in [-0.2, -0.15) is 0 Å². The van der Waals surface area contributed by atoms with E-state index in [1.165, 1.54) is 141 Å². The third-order valence-electron chi connectivity index (χ3n) is 11.3. The Hall–Kier alpha value is -1.54. The van der Waals surface area contributed by atoms with Gasteiger partial charge in [-0.15, -0.1) is 0 Å². The summed E-state index contributed by atoms with van der Waals surface area (Å²) in [5, 5.41) is 13.8. The Morgan fingerprint density at radius 2 is 0.967 bits per heavy atom. The van der Waals surface area contributed by atoms with Crippen molar-refractivity contribution in [1.82, 2.24) is 5.32 Å². The number of likely N-dealkylation sites (N-methyl/N-ethyl adjacent to an activating group) is 1.